The molecule has 0 aromatic heterocycles. The van der Waals surface area contributed by atoms with Gasteiger partial charge in [-0.3, -0.25) is 4.79 Å². The lowest BCUT2D eigenvalue weighted by Gasteiger charge is -2.50. The van der Waals surface area contributed by atoms with Crippen LogP contribution in [0.15, 0.2) is 0 Å². The van der Waals surface area contributed by atoms with Crippen LogP contribution in [0.4, 0.5) is 4.79 Å². The number of fused-ring (bicyclic) bond motifs is 1. The Morgan fingerprint density at radius 3 is 2.61 bits per heavy atom. The lowest BCUT2D eigenvalue weighted by Crippen LogP contribution is -2.66. The van der Waals surface area contributed by atoms with E-state index in [0.29, 0.717) is 19.6 Å². The average molecular weight is 256 g/mol. The summed E-state index contributed by atoms with van der Waals surface area (Å²) in [5.74, 6) is -0.0365. The Bertz CT molecular complexity index is 364. The molecule has 0 saturated carbocycles. The van der Waals surface area contributed by atoms with Crippen molar-refractivity contribution in [2.75, 3.05) is 26.2 Å². The second kappa shape index (κ2) is 4.42. The molecule has 2 rings (SSSR count). The monoisotopic (exact) mass is 256 g/mol. The molecule has 2 heterocycles. The SMILES string of the molecule is CC(C)(C)C1OCC(=O)N2CCN(C(=O)O)CC12. The summed E-state index contributed by atoms with van der Waals surface area (Å²) in [6.07, 6.45) is -1.06. The molecule has 0 radical (unpaired) electrons. The van der Waals surface area contributed by atoms with E-state index in [0.717, 1.165) is 0 Å². The van der Waals surface area contributed by atoms with Crippen LogP contribution in [-0.4, -0.2) is 65.3 Å². The van der Waals surface area contributed by atoms with Gasteiger partial charge in [0.05, 0.1) is 12.1 Å². The third-order valence-corrected chi connectivity index (χ3v) is 3.60. The maximum absolute atomic E-state index is 11.8. The van der Waals surface area contributed by atoms with E-state index >= 15 is 0 Å². The molecule has 6 heteroatoms. The maximum Gasteiger partial charge on any atom is 0.407 e. The molecule has 2 fully saturated rings. The van der Waals surface area contributed by atoms with E-state index in [4.69, 9.17) is 9.84 Å². The van der Waals surface area contributed by atoms with Crippen molar-refractivity contribution in [3.63, 3.8) is 0 Å². The van der Waals surface area contributed by atoms with Crippen molar-refractivity contribution in [1.82, 2.24) is 9.80 Å². The second-order valence-electron chi connectivity index (χ2n) is 5.98. The molecule has 2 unspecified atom stereocenters. The lowest BCUT2D eigenvalue weighted by molar-refractivity contribution is -0.173. The van der Waals surface area contributed by atoms with Crippen molar-refractivity contribution in [3.05, 3.63) is 0 Å². The highest BCUT2D eigenvalue weighted by Crippen LogP contribution is 2.32. The summed E-state index contributed by atoms with van der Waals surface area (Å²) in [5, 5.41) is 9.07. The van der Waals surface area contributed by atoms with Gasteiger partial charge in [-0.15, -0.1) is 0 Å². The van der Waals surface area contributed by atoms with Crippen LogP contribution in [0.25, 0.3) is 0 Å². The van der Waals surface area contributed by atoms with Gasteiger partial charge in [0.15, 0.2) is 0 Å². The average Bonchev–Trinajstić information content (AvgIpc) is 2.27. The van der Waals surface area contributed by atoms with Crippen LogP contribution in [0.1, 0.15) is 20.8 Å². The van der Waals surface area contributed by atoms with E-state index in [-0.39, 0.29) is 30.1 Å². The first-order valence-electron chi connectivity index (χ1n) is 6.19. The van der Waals surface area contributed by atoms with Crippen LogP contribution >= 0.6 is 0 Å². The summed E-state index contributed by atoms with van der Waals surface area (Å²) in [6.45, 7) is 7.43. The van der Waals surface area contributed by atoms with Crippen molar-refractivity contribution < 1.29 is 19.4 Å². The molecule has 6 nitrogen and oxygen atoms in total. The van der Waals surface area contributed by atoms with E-state index in [1.807, 2.05) is 20.8 Å². The van der Waals surface area contributed by atoms with Gasteiger partial charge in [-0.1, -0.05) is 20.8 Å². The third-order valence-electron chi connectivity index (χ3n) is 3.60. The number of morpholine rings is 1. The number of rotatable bonds is 0. The zero-order chi connectivity index (χ0) is 13.5. The van der Waals surface area contributed by atoms with Crippen molar-refractivity contribution in [1.29, 1.82) is 0 Å². The minimum absolute atomic E-state index is 0.0365. The molecule has 18 heavy (non-hydrogen) atoms. The summed E-state index contributed by atoms with van der Waals surface area (Å²) < 4.78 is 5.64. The molecule has 1 N–H and O–H groups in total. The molecule has 2 aliphatic heterocycles. The normalized spacial score (nSPS) is 29.2. The van der Waals surface area contributed by atoms with Gasteiger partial charge < -0.3 is 19.6 Å². The van der Waals surface area contributed by atoms with Crippen molar-refractivity contribution in [2.45, 2.75) is 32.9 Å². The predicted molar refractivity (Wildman–Crippen MR) is 64.3 cm³/mol. The Hall–Kier alpha value is -1.30. The van der Waals surface area contributed by atoms with E-state index in [2.05, 4.69) is 0 Å². The highest BCUT2D eigenvalue weighted by Gasteiger charge is 2.45. The Balaban J connectivity index is 2.21. The Morgan fingerprint density at radius 1 is 1.39 bits per heavy atom. The number of amides is 2. The first-order chi connectivity index (χ1) is 8.30. The van der Waals surface area contributed by atoms with E-state index < -0.39 is 6.09 Å². The number of ether oxygens (including phenoxy) is 1. The van der Waals surface area contributed by atoms with Crippen LogP contribution in [0.2, 0.25) is 0 Å². The molecule has 2 amide bonds. The molecule has 0 aliphatic carbocycles. The molecular formula is C12H20N2O4. The summed E-state index contributed by atoms with van der Waals surface area (Å²) in [6, 6.07) is -0.170. The molecule has 0 bridgehead atoms. The summed E-state index contributed by atoms with van der Waals surface area (Å²) in [7, 11) is 0. The van der Waals surface area contributed by atoms with Crippen LogP contribution in [0.5, 0.6) is 0 Å². The zero-order valence-electron chi connectivity index (χ0n) is 11.0. The quantitative estimate of drug-likeness (QED) is 0.690. The molecule has 0 spiro atoms. The summed E-state index contributed by atoms with van der Waals surface area (Å²) in [5.41, 5.74) is -0.120. The summed E-state index contributed by atoms with van der Waals surface area (Å²) in [4.78, 5) is 26.0. The molecule has 102 valence electrons. The van der Waals surface area contributed by atoms with Crippen LogP contribution in [0, 0.1) is 5.41 Å². The topological polar surface area (TPSA) is 70.1 Å². The Morgan fingerprint density at radius 2 is 2.06 bits per heavy atom. The predicted octanol–water partition coefficient (Wildman–Crippen LogP) is 0.622. The minimum atomic E-state index is -0.930. The minimum Gasteiger partial charge on any atom is -0.465 e. The Kier molecular flexibility index (Phi) is 3.23. The lowest BCUT2D eigenvalue weighted by atomic mass is 9.82. The maximum atomic E-state index is 11.8. The number of nitrogens with zero attached hydrogens (tertiary/aromatic N) is 2. The first-order valence-corrected chi connectivity index (χ1v) is 6.19. The van der Waals surface area contributed by atoms with Crippen LogP contribution in [0.3, 0.4) is 0 Å². The number of carbonyl (C=O) groups is 2. The highest BCUT2D eigenvalue weighted by atomic mass is 16.5. The fourth-order valence-electron chi connectivity index (χ4n) is 2.73. The molecule has 0 aromatic rings. The van der Waals surface area contributed by atoms with Crippen LogP contribution < -0.4 is 0 Å². The standard InChI is InChI=1S/C12H20N2O4/c1-12(2,3)10-8-6-13(11(16)17)4-5-14(8)9(15)7-18-10/h8,10H,4-7H2,1-3H3,(H,16,17). The van der Waals surface area contributed by atoms with Gasteiger partial charge in [0.25, 0.3) is 0 Å². The third kappa shape index (κ3) is 2.29. The van der Waals surface area contributed by atoms with Gasteiger partial charge in [0, 0.05) is 19.6 Å². The van der Waals surface area contributed by atoms with Gasteiger partial charge in [-0.05, 0) is 5.41 Å². The zero-order valence-corrected chi connectivity index (χ0v) is 11.0. The molecular weight excluding hydrogens is 236 g/mol. The van der Waals surface area contributed by atoms with Gasteiger partial charge in [-0.25, -0.2) is 4.79 Å². The smallest absolute Gasteiger partial charge is 0.407 e. The largest absolute Gasteiger partial charge is 0.465 e. The summed E-state index contributed by atoms with van der Waals surface area (Å²) >= 11 is 0. The molecule has 0 aromatic carbocycles. The van der Waals surface area contributed by atoms with E-state index in [9.17, 15) is 9.59 Å². The fraction of sp³-hybridized carbons (Fsp3) is 0.833. The molecule has 2 atom stereocenters. The number of hydrogen-bond acceptors (Lipinski definition) is 3. The fourth-order valence-corrected chi connectivity index (χ4v) is 2.73. The molecule has 2 saturated heterocycles. The van der Waals surface area contributed by atoms with Crippen molar-refractivity contribution in [3.8, 4) is 0 Å². The number of piperazine rings is 1. The van der Waals surface area contributed by atoms with E-state index in [1.54, 1.807) is 4.90 Å². The Labute approximate surface area is 106 Å². The van der Waals surface area contributed by atoms with Gasteiger partial charge >= 0.3 is 6.09 Å². The van der Waals surface area contributed by atoms with E-state index in [1.165, 1.54) is 4.90 Å². The number of carboxylic acid groups (broad SMARTS) is 1. The molecule has 2 aliphatic rings. The van der Waals surface area contributed by atoms with Crippen LogP contribution in [-0.2, 0) is 9.53 Å². The second-order valence-corrected chi connectivity index (χ2v) is 5.98. The van der Waals surface area contributed by atoms with Gasteiger partial charge in [0.1, 0.15) is 6.61 Å². The highest BCUT2D eigenvalue weighted by molar-refractivity contribution is 5.79. The van der Waals surface area contributed by atoms with Crippen molar-refractivity contribution >= 4 is 12.0 Å². The van der Waals surface area contributed by atoms with Crippen molar-refractivity contribution in [2.24, 2.45) is 5.41 Å². The van der Waals surface area contributed by atoms with Gasteiger partial charge in [0.2, 0.25) is 5.91 Å². The number of hydrogen-bond donors (Lipinski definition) is 1. The first kappa shape index (κ1) is 13.1. The van der Waals surface area contributed by atoms with Gasteiger partial charge in [-0.2, -0.15) is 0 Å². The number of carbonyl (C=O) groups excluding carboxylic acids is 1.